The molecule has 1 heterocycles. The van der Waals surface area contributed by atoms with E-state index in [1.807, 2.05) is 0 Å². The van der Waals surface area contributed by atoms with Crippen LogP contribution in [0.1, 0.15) is 58.8 Å². The second-order valence-corrected chi connectivity index (χ2v) is 6.62. The van der Waals surface area contributed by atoms with Crippen LogP contribution in [-0.2, 0) is 0 Å². The highest BCUT2D eigenvalue weighted by Crippen LogP contribution is 2.34. The third-order valence-corrected chi connectivity index (χ3v) is 5.04. The summed E-state index contributed by atoms with van der Waals surface area (Å²) in [4.78, 5) is 2.12. The van der Waals surface area contributed by atoms with Crippen molar-refractivity contribution in [1.82, 2.24) is 10.2 Å². The van der Waals surface area contributed by atoms with Crippen LogP contribution in [-0.4, -0.2) is 41.8 Å². The molecular formula is C15H27F3N2. The van der Waals surface area contributed by atoms with Gasteiger partial charge in [-0.3, -0.25) is 4.90 Å². The second kappa shape index (κ2) is 6.22. The number of piperazine rings is 1. The lowest BCUT2D eigenvalue weighted by Gasteiger charge is -2.51. The number of hydrogen-bond donors (Lipinski definition) is 1. The summed E-state index contributed by atoms with van der Waals surface area (Å²) in [6, 6.07) is -0.180. The zero-order valence-electron chi connectivity index (χ0n) is 12.6. The smallest absolute Gasteiger partial charge is 0.308 e. The van der Waals surface area contributed by atoms with Crippen LogP contribution in [0, 0.1) is 0 Å². The van der Waals surface area contributed by atoms with Crippen LogP contribution in [0.4, 0.5) is 13.2 Å². The van der Waals surface area contributed by atoms with E-state index in [1.54, 1.807) is 6.92 Å². The van der Waals surface area contributed by atoms with E-state index < -0.39 is 18.6 Å². The summed E-state index contributed by atoms with van der Waals surface area (Å²) >= 11 is 0. The lowest BCUT2D eigenvalue weighted by molar-refractivity contribution is -0.151. The zero-order valence-corrected chi connectivity index (χ0v) is 12.6. The Morgan fingerprint density at radius 1 is 1.25 bits per heavy atom. The van der Waals surface area contributed by atoms with Gasteiger partial charge in [0.25, 0.3) is 0 Å². The number of alkyl halides is 3. The van der Waals surface area contributed by atoms with Crippen molar-refractivity contribution >= 4 is 0 Å². The van der Waals surface area contributed by atoms with Gasteiger partial charge in [0, 0.05) is 30.7 Å². The summed E-state index contributed by atoms with van der Waals surface area (Å²) in [7, 11) is 0. The Morgan fingerprint density at radius 2 is 1.90 bits per heavy atom. The van der Waals surface area contributed by atoms with Crippen molar-refractivity contribution in [3.8, 4) is 0 Å². The average Bonchev–Trinajstić information content (AvgIpc) is 2.38. The molecular weight excluding hydrogens is 265 g/mol. The summed E-state index contributed by atoms with van der Waals surface area (Å²) in [6.45, 7) is 5.41. The van der Waals surface area contributed by atoms with Crippen LogP contribution in [0.15, 0.2) is 0 Å². The minimum atomic E-state index is -4.07. The third-order valence-electron chi connectivity index (χ3n) is 5.04. The Balaban J connectivity index is 2.05. The predicted molar refractivity (Wildman–Crippen MR) is 74.7 cm³/mol. The van der Waals surface area contributed by atoms with Crippen LogP contribution in [0.3, 0.4) is 0 Å². The van der Waals surface area contributed by atoms with Crippen molar-refractivity contribution < 1.29 is 13.2 Å². The second-order valence-electron chi connectivity index (χ2n) is 6.62. The molecule has 2 unspecified atom stereocenters. The van der Waals surface area contributed by atoms with Gasteiger partial charge in [-0.05, 0) is 26.2 Å². The van der Waals surface area contributed by atoms with Gasteiger partial charge in [-0.25, -0.2) is 0 Å². The van der Waals surface area contributed by atoms with E-state index in [1.165, 1.54) is 19.3 Å². The van der Waals surface area contributed by atoms with Gasteiger partial charge in [0.05, 0.1) is 6.42 Å². The highest BCUT2D eigenvalue weighted by molar-refractivity contribution is 5.00. The Morgan fingerprint density at radius 3 is 2.45 bits per heavy atom. The zero-order chi connectivity index (χ0) is 14.8. The fourth-order valence-electron chi connectivity index (χ4n) is 3.90. The van der Waals surface area contributed by atoms with E-state index in [2.05, 4.69) is 17.1 Å². The average molecular weight is 292 g/mol. The predicted octanol–water partition coefficient (Wildman–Crippen LogP) is 3.71. The SMILES string of the molecule is CCC1CNC2(CCCCC2)CN1C(C)CC(F)(F)F. The van der Waals surface area contributed by atoms with Crippen molar-refractivity contribution in [2.75, 3.05) is 13.1 Å². The minimum absolute atomic E-state index is 0.0732. The maximum Gasteiger partial charge on any atom is 0.390 e. The Hall–Kier alpha value is -0.290. The van der Waals surface area contributed by atoms with Crippen LogP contribution in [0.2, 0.25) is 0 Å². The van der Waals surface area contributed by atoms with Crippen molar-refractivity contribution in [2.24, 2.45) is 0 Å². The molecule has 1 N–H and O–H groups in total. The Labute approximate surface area is 120 Å². The molecule has 0 radical (unpaired) electrons. The summed E-state index contributed by atoms with van der Waals surface area (Å²) in [5, 5.41) is 3.66. The van der Waals surface area contributed by atoms with Gasteiger partial charge in [0.2, 0.25) is 0 Å². The van der Waals surface area contributed by atoms with Gasteiger partial charge in [0.15, 0.2) is 0 Å². The molecule has 2 aliphatic rings. The molecule has 2 fully saturated rings. The molecule has 1 saturated heterocycles. The number of hydrogen-bond acceptors (Lipinski definition) is 2. The topological polar surface area (TPSA) is 15.3 Å². The lowest BCUT2D eigenvalue weighted by Crippen LogP contribution is -2.66. The summed E-state index contributed by atoms with van der Waals surface area (Å²) in [5.41, 5.74) is 0.0732. The first kappa shape index (κ1) is 16.1. The van der Waals surface area contributed by atoms with E-state index in [4.69, 9.17) is 0 Å². The van der Waals surface area contributed by atoms with E-state index >= 15 is 0 Å². The van der Waals surface area contributed by atoms with Crippen LogP contribution >= 0.6 is 0 Å². The molecule has 2 nitrogen and oxygen atoms in total. The first-order valence-electron chi connectivity index (χ1n) is 7.93. The summed E-state index contributed by atoms with van der Waals surface area (Å²) in [6.07, 6.45) is 2.03. The van der Waals surface area contributed by atoms with Gasteiger partial charge >= 0.3 is 6.18 Å². The molecule has 5 heteroatoms. The highest BCUT2D eigenvalue weighted by Gasteiger charge is 2.43. The van der Waals surface area contributed by atoms with Gasteiger partial charge in [0.1, 0.15) is 0 Å². The quantitative estimate of drug-likeness (QED) is 0.853. The Bertz CT molecular complexity index is 311. The van der Waals surface area contributed by atoms with Gasteiger partial charge < -0.3 is 5.32 Å². The number of halogens is 3. The highest BCUT2D eigenvalue weighted by atomic mass is 19.4. The fraction of sp³-hybridized carbons (Fsp3) is 1.00. The molecule has 1 aliphatic carbocycles. The summed E-state index contributed by atoms with van der Waals surface area (Å²) < 4.78 is 38.1. The first-order valence-corrected chi connectivity index (χ1v) is 7.93. The molecule has 118 valence electrons. The molecule has 0 aromatic carbocycles. The van der Waals surface area contributed by atoms with Gasteiger partial charge in [-0.1, -0.05) is 26.2 Å². The van der Waals surface area contributed by atoms with Gasteiger partial charge in [-0.2, -0.15) is 13.2 Å². The van der Waals surface area contributed by atoms with Crippen LogP contribution in [0.25, 0.3) is 0 Å². The maximum atomic E-state index is 12.7. The van der Waals surface area contributed by atoms with Crippen molar-refractivity contribution in [3.63, 3.8) is 0 Å². The monoisotopic (exact) mass is 292 g/mol. The molecule has 0 aromatic rings. The normalized spacial score (nSPS) is 29.6. The van der Waals surface area contributed by atoms with Gasteiger partial charge in [-0.15, -0.1) is 0 Å². The van der Waals surface area contributed by atoms with Crippen molar-refractivity contribution in [1.29, 1.82) is 0 Å². The van der Waals surface area contributed by atoms with Crippen molar-refractivity contribution in [3.05, 3.63) is 0 Å². The third kappa shape index (κ3) is 3.88. The van der Waals surface area contributed by atoms with E-state index in [0.717, 1.165) is 32.4 Å². The summed E-state index contributed by atoms with van der Waals surface area (Å²) in [5.74, 6) is 0. The van der Waals surface area contributed by atoms with E-state index in [-0.39, 0.29) is 11.6 Å². The molecule has 1 saturated carbocycles. The molecule has 1 spiro atoms. The van der Waals surface area contributed by atoms with Crippen LogP contribution < -0.4 is 5.32 Å². The van der Waals surface area contributed by atoms with Crippen molar-refractivity contribution in [2.45, 2.75) is 82.6 Å². The number of nitrogens with zero attached hydrogens (tertiary/aromatic N) is 1. The first-order chi connectivity index (χ1) is 9.35. The lowest BCUT2D eigenvalue weighted by atomic mass is 9.78. The molecule has 0 amide bonds. The number of rotatable bonds is 3. The molecule has 2 rings (SSSR count). The Kier molecular flexibility index (Phi) is 5.00. The maximum absolute atomic E-state index is 12.7. The van der Waals surface area contributed by atoms with Crippen LogP contribution in [0.5, 0.6) is 0 Å². The molecule has 0 aromatic heterocycles. The fourth-order valence-corrected chi connectivity index (χ4v) is 3.90. The molecule has 2 atom stereocenters. The molecule has 1 aliphatic heterocycles. The standard InChI is InChI=1S/C15H27F3N2/c1-3-13-10-19-14(7-5-4-6-8-14)11-20(13)12(2)9-15(16,17)18/h12-13,19H,3-11H2,1-2H3. The number of nitrogens with one attached hydrogen (secondary N) is 1. The largest absolute Gasteiger partial charge is 0.390 e. The minimum Gasteiger partial charge on any atom is -0.308 e. The van der Waals surface area contributed by atoms with E-state index in [9.17, 15) is 13.2 Å². The molecule has 20 heavy (non-hydrogen) atoms. The van der Waals surface area contributed by atoms with E-state index in [0.29, 0.717) is 0 Å². The molecule has 0 bridgehead atoms.